The molecular formula is C30H21NOS. The SMILES string of the molecule is c1ccc(-c2ccc(N(c3ccccc3)c3cccc4c3Oc3ccccc3S4)cc2)cc1. The topological polar surface area (TPSA) is 12.5 Å². The van der Waals surface area contributed by atoms with E-state index in [0.29, 0.717) is 0 Å². The van der Waals surface area contributed by atoms with Gasteiger partial charge in [0.05, 0.1) is 15.5 Å². The van der Waals surface area contributed by atoms with E-state index in [1.54, 1.807) is 11.8 Å². The van der Waals surface area contributed by atoms with Gasteiger partial charge in [-0.05, 0) is 59.7 Å². The van der Waals surface area contributed by atoms with Crippen molar-refractivity contribution in [3.05, 3.63) is 127 Å². The van der Waals surface area contributed by atoms with E-state index >= 15 is 0 Å². The fourth-order valence-corrected chi connectivity index (χ4v) is 5.13. The van der Waals surface area contributed by atoms with Crippen LogP contribution in [0.25, 0.3) is 11.1 Å². The second kappa shape index (κ2) is 8.53. The van der Waals surface area contributed by atoms with Crippen LogP contribution in [0.4, 0.5) is 17.1 Å². The summed E-state index contributed by atoms with van der Waals surface area (Å²) in [6.07, 6.45) is 0. The van der Waals surface area contributed by atoms with Crippen LogP contribution in [-0.4, -0.2) is 0 Å². The largest absolute Gasteiger partial charge is 0.453 e. The zero-order chi connectivity index (χ0) is 22.0. The molecule has 0 fully saturated rings. The van der Waals surface area contributed by atoms with Crippen molar-refractivity contribution in [3.8, 4) is 22.6 Å². The number of rotatable bonds is 4. The average molecular weight is 444 g/mol. The van der Waals surface area contributed by atoms with E-state index < -0.39 is 0 Å². The molecule has 33 heavy (non-hydrogen) atoms. The van der Waals surface area contributed by atoms with Gasteiger partial charge in [0.25, 0.3) is 0 Å². The van der Waals surface area contributed by atoms with Gasteiger partial charge in [-0.15, -0.1) is 0 Å². The monoisotopic (exact) mass is 443 g/mol. The molecule has 2 nitrogen and oxygen atoms in total. The summed E-state index contributed by atoms with van der Waals surface area (Å²) in [6, 6.07) is 44.2. The maximum absolute atomic E-state index is 6.46. The molecule has 0 aliphatic carbocycles. The highest BCUT2D eigenvalue weighted by Crippen LogP contribution is 2.52. The Morgan fingerprint density at radius 2 is 1.09 bits per heavy atom. The van der Waals surface area contributed by atoms with Crippen LogP contribution >= 0.6 is 11.8 Å². The summed E-state index contributed by atoms with van der Waals surface area (Å²) in [6.45, 7) is 0. The molecule has 1 aliphatic heterocycles. The lowest BCUT2D eigenvalue weighted by atomic mass is 10.0. The molecule has 3 heteroatoms. The van der Waals surface area contributed by atoms with Crippen LogP contribution in [0, 0.1) is 0 Å². The van der Waals surface area contributed by atoms with Gasteiger partial charge < -0.3 is 9.64 Å². The first kappa shape index (κ1) is 19.7. The molecule has 158 valence electrons. The van der Waals surface area contributed by atoms with Crippen molar-refractivity contribution in [2.24, 2.45) is 0 Å². The Morgan fingerprint density at radius 3 is 1.88 bits per heavy atom. The highest BCUT2D eigenvalue weighted by Gasteiger charge is 2.24. The number of benzene rings is 5. The molecule has 0 spiro atoms. The maximum Gasteiger partial charge on any atom is 0.165 e. The molecule has 0 saturated carbocycles. The second-order valence-electron chi connectivity index (χ2n) is 7.84. The summed E-state index contributed by atoms with van der Waals surface area (Å²) in [5.41, 5.74) is 5.60. The second-order valence-corrected chi connectivity index (χ2v) is 8.92. The standard InChI is InChI=1S/C30H21NOS/c1-3-10-22(11-4-1)23-18-20-25(21-19-23)31(24-12-5-2-6-13-24)26-14-9-17-29-30(26)32-27-15-7-8-16-28(27)33-29/h1-21H. The first-order chi connectivity index (χ1) is 16.4. The molecule has 5 aromatic rings. The highest BCUT2D eigenvalue weighted by atomic mass is 32.2. The number of hydrogen-bond donors (Lipinski definition) is 0. The van der Waals surface area contributed by atoms with Gasteiger partial charge >= 0.3 is 0 Å². The van der Waals surface area contributed by atoms with Gasteiger partial charge in [0.2, 0.25) is 0 Å². The highest BCUT2D eigenvalue weighted by molar-refractivity contribution is 7.99. The van der Waals surface area contributed by atoms with Crippen molar-refractivity contribution in [3.63, 3.8) is 0 Å². The molecule has 0 atom stereocenters. The molecule has 1 heterocycles. The molecular weight excluding hydrogens is 422 g/mol. The Balaban J connectivity index is 1.47. The number of para-hydroxylation sites is 3. The minimum absolute atomic E-state index is 0.886. The molecule has 0 unspecified atom stereocenters. The van der Waals surface area contributed by atoms with E-state index in [2.05, 4.69) is 108 Å². The van der Waals surface area contributed by atoms with Gasteiger partial charge in [-0.1, -0.05) is 90.6 Å². The van der Waals surface area contributed by atoms with Crippen LogP contribution in [0.3, 0.4) is 0 Å². The number of nitrogens with zero attached hydrogens (tertiary/aromatic N) is 1. The van der Waals surface area contributed by atoms with Crippen molar-refractivity contribution >= 4 is 28.8 Å². The van der Waals surface area contributed by atoms with E-state index in [9.17, 15) is 0 Å². The number of fused-ring (bicyclic) bond motifs is 2. The van der Waals surface area contributed by atoms with Crippen LogP contribution in [-0.2, 0) is 0 Å². The molecule has 0 saturated heterocycles. The Hall–Kier alpha value is -3.95. The predicted octanol–water partition coefficient (Wildman–Crippen LogP) is 9.08. The van der Waals surface area contributed by atoms with Gasteiger partial charge in [-0.25, -0.2) is 0 Å². The molecule has 1 aliphatic rings. The Morgan fingerprint density at radius 1 is 0.485 bits per heavy atom. The number of hydrogen-bond acceptors (Lipinski definition) is 3. The van der Waals surface area contributed by atoms with Gasteiger partial charge in [-0.2, -0.15) is 0 Å². The zero-order valence-electron chi connectivity index (χ0n) is 17.9. The van der Waals surface area contributed by atoms with Crippen molar-refractivity contribution < 1.29 is 4.74 Å². The van der Waals surface area contributed by atoms with E-state index in [1.165, 1.54) is 11.1 Å². The van der Waals surface area contributed by atoms with Crippen molar-refractivity contribution in [2.75, 3.05) is 4.90 Å². The van der Waals surface area contributed by atoms with Gasteiger partial charge in [0, 0.05) is 11.4 Å². The summed E-state index contributed by atoms with van der Waals surface area (Å²) in [4.78, 5) is 4.52. The summed E-state index contributed by atoms with van der Waals surface area (Å²) >= 11 is 1.75. The van der Waals surface area contributed by atoms with E-state index in [0.717, 1.165) is 38.4 Å². The van der Waals surface area contributed by atoms with E-state index in [-0.39, 0.29) is 0 Å². The van der Waals surface area contributed by atoms with Gasteiger partial charge in [0.1, 0.15) is 5.75 Å². The lowest BCUT2D eigenvalue weighted by Crippen LogP contribution is -2.12. The lowest BCUT2D eigenvalue weighted by molar-refractivity contribution is 0.456. The van der Waals surface area contributed by atoms with Crippen molar-refractivity contribution in [2.45, 2.75) is 9.79 Å². The molecule has 0 radical (unpaired) electrons. The fourth-order valence-electron chi connectivity index (χ4n) is 4.15. The van der Waals surface area contributed by atoms with Crippen LogP contribution in [0.15, 0.2) is 137 Å². The molecule has 0 N–H and O–H groups in total. The lowest BCUT2D eigenvalue weighted by Gasteiger charge is -2.30. The van der Waals surface area contributed by atoms with Crippen LogP contribution in [0.5, 0.6) is 11.5 Å². The Bertz CT molecular complexity index is 1400. The van der Waals surface area contributed by atoms with Crippen LogP contribution in [0.2, 0.25) is 0 Å². The molecule has 0 bridgehead atoms. The van der Waals surface area contributed by atoms with E-state index in [4.69, 9.17) is 4.74 Å². The zero-order valence-corrected chi connectivity index (χ0v) is 18.7. The van der Waals surface area contributed by atoms with Gasteiger partial charge in [-0.3, -0.25) is 0 Å². The Labute approximate surface area is 198 Å². The number of anilines is 3. The smallest absolute Gasteiger partial charge is 0.165 e. The maximum atomic E-state index is 6.46. The third kappa shape index (κ3) is 3.77. The molecule has 5 aromatic carbocycles. The van der Waals surface area contributed by atoms with E-state index in [1.807, 2.05) is 24.3 Å². The molecule has 0 amide bonds. The predicted molar refractivity (Wildman–Crippen MR) is 137 cm³/mol. The third-order valence-electron chi connectivity index (χ3n) is 5.73. The van der Waals surface area contributed by atoms with Crippen LogP contribution < -0.4 is 9.64 Å². The normalized spacial score (nSPS) is 11.8. The van der Waals surface area contributed by atoms with Crippen molar-refractivity contribution in [1.82, 2.24) is 0 Å². The molecule has 0 aromatic heterocycles. The summed E-state index contributed by atoms with van der Waals surface area (Å²) in [7, 11) is 0. The minimum Gasteiger partial charge on any atom is -0.453 e. The Kier molecular flexibility index (Phi) is 5.10. The first-order valence-electron chi connectivity index (χ1n) is 11.0. The van der Waals surface area contributed by atoms with Gasteiger partial charge in [0.15, 0.2) is 5.75 Å². The van der Waals surface area contributed by atoms with Crippen molar-refractivity contribution in [1.29, 1.82) is 0 Å². The number of ether oxygens (including phenoxy) is 1. The first-order valence-corrected chi connectivity index (χ1v) is 11.8. The fraction of sp³-hybridized carbons (Fsp3) is 0. The van der Waals surface area contributed by atoms with Crippen LogP contribution in [0.1, 0.15) is 0 Å². The minimum atomic E-state index is 0.886. The summed E-state index contributed by atoms with van der Waals surface area (Å²) in [5.74, 6) is 1.78. The summed E-state index contributed by atoms with van der Waals surface area (Å²) in [5, 5.41) is 0. The molecule has 6 rings (SSSR count). The quantitative estimate of drug-likeness (QED) is 0.270. The summed E-state index contributed by atoms with van der Waals surface area (Å²) < 4.78 is 6.46. The third-order valence-corrected chi connectivity index (χ3v) is 6.83. The average Bonchev–Trinajstić information content (AvgIpc) is 2.89.